The van der Waals surface area contributed by atoms with E-state index in [1.54, 1.807) is 0 Å². The fourth-order valence-electron chi connectivity index (χ4n) is 2.80. The van der Waals surface area contributed by atoms with Crippen LogP contribution in [0.5, 0.6) is 0 Å². The van der Waals surface area contributed by atoms with Gasteiger partial charge in [0.2, 0.25) is 0 Å². The number of likely N-dealkylation sites (N-methyl/N-ethyl adjacent to an activating group) is 1. The van der Waals surface area contributed by atoms with Crippen LogP contribution >= 0.6 is 0 Å². The first-order valence-corrected chi connectivity index (χ1v) is 8.10. The van der Waals surface area contributed by atoms with Gasteiger partial charge in [-0.15, -0.1) is 0 Å². The van der Waals surface area contributed by atoms with Gasteiger partial charge in [0.1, 0.15) is 0 Å². The molecule has 0 bridgehead atoms. The molecule has 1 aliphatic heterocycles. The van der Waals surface area contributed by atoms with Gasteiger partial charge >= 0.3 is 0 Å². The molecular formula is C18H31N3. The molecular weight excluding hydrogens is 258 g/mol. The van der Waals surface area contributed by atoms with E-state index in [0.717, 1.165) is 13.1 Å². The van der Waals surface area contributed by atoms with E-state index >= 15 is 0 Å². The number of hydrogen-bond acceptors (Lipinski definition) is 3. The first-order chi connectivity index (χ1) is 9.85. The summed E-state index contributed by atoms with van der Waals surface area (Å²) in [5, 5.41) is 3.54. The minimum absolute atomic E-state index is 0.171. The van der Waals surface area contributed by atoms with Crippen molar-refractivity contribution in [1.29, 1.82) is 0 Å². The minimum atomic E-state index is 0.171. The fraction of sp³-hybridized carbons (Fsp3) is 0.667. The first-order valence-electron chi connectivity index (χ1n) is 8.10. The van der Waals surface area contributed by atoms with Crippen molar-refractivity contribution >= 4 is 5.69 Å². The summed E-state index contributed by atoms with van der Waals surface area (Å²) < 4.78 is 0. The van der Waals surface area contributed by atoms with Gasteiger partial charge in [-0.25, -0.2) is 0 Å². The molecule has 1 atom stereocenters. The van der Waals surface area contributed by atoms with E-state index < -0.39 is 0 Å². The summed E-state index contributed by atoms with van der Waals surface area (Å²) in [5.74, 6) is 0. The lowest BCUT2D eigenvalue weighted by atomic mass is 10.0. The molecule has 21 heavy (non-hydrogen) atoms. The third-order valence-electron chi connectivity index (χ3n) is 4.25. The Hall–Kier alpha value is -1.06. The van der Waals surface area contributed by atoms with Gasteiger partial charge in [-0.1, -0.05) is 12.1 Å². The minimum Gasteiger partial charge on any atom is -0.370 e. The molecule has 1 aromatic carbocycles. The van der Waals surface area contributed by atoms with Crippen LogP contribution in [0.4, 0.5) is 5.69 Å². The van der Waals surface area contributed by atoms with Crippen molar-refractivity contribution in [3.63, 3.8) is 0 Å². The van der Waals surface area contributed by atoms with E-state index in [0.29, 0.717) is 6.04 Å². The van der Waals surface area contributed by atoms with Crippen molar-refractivity contribution in [1.82, 2.24) is 10.2 Å². The fourth-order valence-corrected chi connectivity index (χ4v) is 2.80. The molecule has 0 spiro atoms. The number of nitrogens with zero attached hydrogens (tertiary/aromatic N) is 2. The predicted octanol–water partition coefficient (Wildman–Crippen LogP) is 3.11. The third-order valence-corrected chi connectivity index (χ3v) is 4.25. The quantitative estimate of drug-likeness (QED) is 0.919. The van der Waals surface area contributed by atoms with E-state index in [-0.39, 0.29) is 5.54 Å². The highest BCUT2D eigenvalue weighted by Crippen LogP contribution is 2.22. The maximum atomic E-state index is 3.54. The number of rotatable bonds is 4. The van der Waals surface area contributed by atoms with Crippen LogP contribution in [0.3, 0.4) is 0 Å². The van der Waals surface area contributed by atoms with Gasteiger partial charge < -0.3 is 15.1 Å². The molecule has 1 aromatic rings. The Morgan fingerprint density at radius 2 is 1.86 bits per heavy atom. The Labute approximate surface area is 130 Å². The smallest absolute Gasteiger partial charge is 0.0366 e. The highest BCUT2D eigenvalue weighted by molar-refractivity contribution is 5.48. The van der Waals surface area contributed by atoms with Crippen LogP contribution in [0, 0.1) is 0 Å². The Kier molecular flexibility index (Phi) is 5.28. The SMILES string of the molecule is CN(C)C1CCCN(c2ccc(CNC(C)(C)C)cc2)C1. The highest BCUT2D eigenvalue weighted by atomic mass is 15.2. The molecule has 0 saturated carbocycles. The molecule has 1 N–H and O–H groups in total. The summed E-state index contributed by atoms with van der Waals surface area (Å²) in [6, 6.07) is 9.75. The molecule has 1 unspecified atom stereocenters. The Morgan fingerprint density at radius 1 is 1.19 bits per heavy atom. The van der Waals surface area contributed by atoms with E-state index in [4.69, 9.17) is 0 Å². The number of anilines is 1. The molecule has 1 aliphatic rings. The second kappa shape index (κ2) is 6.80. The van der Waals surface area contributed by atoms with Crippen molar-refractivity contribution in [3.05, 3.63) is 29.8 Å². The zero-order valence-electron chi connectivity index (χ0n) is 14.3. The highest BCUT2D eigenvalue weighted by Gasteiger charge is 2.21. The molecule has 1 heterocycles. The second-order valence-corrected chi connectivity index (χ2v) is 7.48. The molecule has 3 nitrogen and oxygen atoms in total. The van der Waals surface area contributed by atoms with Crippen LogP contribution in [-0.2, 0) is 6.54 Å². The maximum absolute atomic E-state index is 3.54. The van der Waals surface area contributed by atoms with Crippen molar-refractivity contribution in [2.75, 3.05) is 32.1 Å². The van der Waals surface area contributed by atoms with Crippen molar-refractivity contribution in [3.8, 4) is 0 Å². The summed E-state index contributed by atoms with van der Waals surface area (Å²) in [6.07, 6.45) is 2.60. The zero-order chi connectivity index (χ0) is 15.5. The summed E-state index contributed by atoms with van der Waals surface area (Å²) in [6.45, 7) is 9.88. The average Bonchev–Trinajstić information content (AvgIpc) is 2.45. The molecule has 1 saturated heterocycles. The van der Waals surface area contributed by atoms with E-state index in [1.165, 1.54) is 30.6 Å². The summed E-state index contributed by atoms with van der Waals surface area (Å²) in [4.78, 5) is 4.88. The van der Waals surface area contributed by atoms with Crippen molar-refractivity contribution < 1.29 is 0 Å². The summed E-state index contributed by atoms with van der Waals surface area (Å²) in [7, 11) is 4.38. The lowest BCUT2D eigenvalue weighted by molar-refractivity contribution is 0.258. The maximum Gasteiger partial charge on any atom is 0.0366 e. The van der Waals surface area contributed by atoms with Crippen molar-refractivity contribution in [2.24, 2.45) is 0 Å². The third kappa shape index (κ3) is 5.01. The molecule has 118 valence electrons. The van der Waals surface area contributed by atoms with Crippen LogP contribution < -0.4 is 10.2 Å². The summed E-state index contributed by atoms with van der Waals surface area (Å²) >= 11 is 0. The van der Waals surface area contributed by atoms with Gasteiger partial charge in [0.05, 0.1) is 0 Å². The molecule has 0 aromatic heterocycles. The lowest BCUT2D eigenvalue weighted by Crippen LogP contribution is -2.45. The van der Waals surface area contributed by atoms with Crippen LogP contribution in [0.25, 0.3) is 0 Å². The first kappa shape index (κ1) is 16.3. The van der Waals surface area contributed by atoms with Crippen LogP contribution in [0.15, 0.2) is 24.3 Å². The van der Waals surface area contributed by atoms with E-state index in [2.05, 4.69) is 74.2 Å². The van der Waals surface area contributed by atoms with Gasteiger partial charge in [-0.05, 0) is 65.4 Å². The standard InChI is InChI=1S/C18H31N3/c1-18(2,3)19-13-15-8-10-16(11-9-15)21-12-6-7-17(14-21)20(4)5/h8-11,17,19H,6-7,12-14H2,1-5H3. The number of hydrogen-bond donors (Lipinski definition) is 1. The zero-order valence-corrected chi connectivity index (χ0v) is 14.3. The van der Waals surface area contributed by atoms with Gasteiger partial charge in [-0.2, -0.15) is 0 Å². The average molecular weight is 289 g/mol. The second-order valence-electron chi connectivity index (χ2n) is 7.48. The van der Waals surface area contributed by atoms with Gasteiger partial charge in [0.15, 0.2) is 0 Å². The molecule has 2 rings (SSSR count). The molecule has 0 radical (unpaired) electrons. The molecule has 1 fully saturated rings. The lowest BCUT2D eigenvalue weighted by Gasteiger charge is -2.37. The monoisotopic (exact) mass is 289 g/mol. The predicted molar refractivity (Wildman–Crippen MR) is 92.0 cm³/mol. The number of nitrogens with one attached hydrogen (secondary N) is 1. The van der Waals surface area contributed by atoms with Gasteiger partial charge in [-0.3, -0.25) is 0 Å². The largest absolute Gasteiger partial charge is 0.370 e. The van der Waals surface area contributed by atoms with Crippen LogP contribution in [0.1, 0.15) is 39.2 Å². The molecule has 0 aliphatic carbocycles. The Balaban J connectivity index is 1.95. The topological polar surface area (TPSA) is 18.5 Å². The Morgan fingerprint density at radius 3 is 2.43 bits per heavy atom. The number of piperidine rings is 1. The van der Waals surface area contributed by atoms with E-state index in [1.807, 2.05) is 0 Å². The number of benzene rings is 1. The van der Waals surface area contributed by atoms with Crippen LogP contribution in [0.2, 0.25) is 0 Å². The summed E-state index contributed by atoms with van der Waals surface area (Å²) in [5.41, 5.74) is 2.89. The normalized spacial score (nSPS) is 20.1. The van der Waals surface area contributed by atoms with Crippen LogP contribution in [-0.4, -0.2) is 43.7 Å². The van der Waals surface area contributed by atoms with Crippen molar-refractivity contribution in [2.45, 2.75) is 51.7 Å². The molecule has 3 heteroatoms. The van der Waals surface area contributed by atoms with Gasteiger partial charge in [0, 0.05) is 36.9 Å². The van der Waals surface area contributed by atoms with E-state index in [9.17, 15) is 0 Å². The Bertz CT molecular complexity index is 431. The van der Waals surface area contributed by atoms with Gasteiger partial charge in [0.25, 0.3) is 0 Å². The molecule has 0 amide bonds.